The molecule has 4 N–H and O–H groups in total. The number of hydrogen-bond acceptors (Lipinski definition) is 4. The lowest BCUT2D eigenvalue weighted by molar-refractivity contribution is -0.124. The van der Waals surface area contributed by atoms with Crippen molar-refractivity contribution in [2.45, 2.75) is 238 Å². The fourth-order valence-electron chi connectivity index (χ4n) is 6.40. The van der Waals surface area contributed by atoms with Crippen LogP contribution in [-0.4, -0.2) is 46.1 Å². The third-order valence-electron chi connectivity index (χ3n) is 9.62. The van der Waals surface area contributed by atoms with E-state index in [0.717, 1.165) is 38.5 Å². The Bertz CT molecular complexity index is 640. The van der Waals surface area contributed by atoms with E-state index in [1.807, 2.05) is 0 Å². The van der Waals surface area contributed by atoms with Gasteiger partial charge < -0.3 is 20.6 Å². The van der Waals surface area contributed by atoms with Gasteiger partial charge in [-0.3, -0.25) is 4.79 Å². The van der Waals surface area contributed by atoms with Crippen LogP contribution in [0.1, 0.15) is 219 Å². The zero-order valence-electron chi connectivity index (χ0n) is 31.0. The average Bonchev–Trinajstić information content (AvgIpc) is 3.06. The van der Waals surface area contributed by atoms with E-state index >= 15 is 0 Å². The number of allylic oxidation sites excluding steroid dienone is 2. The number of aliphatic hydroxyl groups excluding tert-OH is 3. The number of carbonyl (C=O) groups excluding carboxylic acids is 1. The minimum absolute atomic E-state index is 0.152. The van der Waals surface area contributed by atoms with Gasteiger partial charge in [-0.15, -0.1) is 0 Å². The number of rotatable bonds is 37. The van der Waals surface area contributed by atoms with Gasteiger partial charge in [0, 0.05) is 6.42 Å². The van der Waals surface area contributed by atoms with E-state index in [-0.39, 0.29) is 12.5 Å². The highest BCUT2D eigenvalue weighted by Gasteiger charge is 2.26. The first-order valence-corrected chi connectivity index (χ1v) is 20.5. The minimum atomic E-state index is -1.15. The van der Waals surface area contributed by atoms with Crippen molar-refractivity contribution < 1.29 is 20.1 Å². The molecule has 0 radical (unpaired) electrons. The summed E-state index contributed by atoms with van der Waals surface area (Å²) in [5.41, 5.74) is 0. The highest BCUT2D eigenvalue weighted by Crippen LogP contribution is 2.16. The van der Waals surface area contributed by atoms with Crippen LogP contribution < -0.4 is 5.32 Å². The first-order valence-electron chi connectivity index (χ1n) is 20.5. The molecule has 0 heterocycles. The predicted octanol–water partition coefficient (Wildman–Crippen LogP) is 11.3. The molecule has 0 fully saturated rings. The van der Waals surface area contributed by atoms with Crippen LogP contribution in [0.25, 0.3) is 0 Å². The van der Waals surface area contributed by atoms with Gasteiger partial charge in [-0.25, -0.2) is 0 Å². The highest BCUT2D eigenvalue weighted by atomic mass is 16.3. The Kier molecular flexibility index (Phi) is 36.2. The molecule has 0 saturated heterocycles. The molecule has 5 nitrogen and oxygen atoms in total. The zero-order chi connectivity index (χ0) is 33.8. The Labute approximate surface area is 287 Å². The van der Waals surface area contributed by atoms with E-state index in [9.17, 15) is 20.1 Å². The lowest BCUT2D eigenvalue weighted by Gasteiger charge is -2.26. The van der Waals surface area contributed by atoms with Crippen molar-refractivity contribution in [3.63, 3.8) is 0 Å². The fraction of sp³-hybridized carbons (Fsp3) is 0.927. The standard InChI is InChI=1S/C41H81NO4/c1-3-5-7-9-11-13-15-17-18-19-20-21-22-24-26-28-30-32-34-36-40(45)42-38(37-43)41(46)39(44)35-33-31-29-27-25-23-16-14-12-10-8-6-4-2/h27,29,38-39,41,43-44,46H,3-26,28,30-37H2,1-2H3,(H,42,45)/b29-27+. The number of hydrogen-bond donors (Lipinski definition) is 4. The second-order valence-corrected chi connectivity index (χ2v) is 14.2. The molecule has 0 aromatic rings. The molecular weight excluding hydrogens is 570 g/mol. The molecule has 1 amide bonds. The van der Waals surface area contributed by atoms with Crippen LogP contribution >= 0.6 is 0 Å². The first-order chi connectivity index (χ1) is 22.6. The molecule has 0 bridgehead atoms. The lowest BCUT2D eigenvalue weighted by atomic mass is 10.0. The first kappa shape index (κ1) is 45.1. The minimum Gasteiger partial charge on any atom is -0.394 e. The molecule has 274 valence electrons. The van der Waals surface area contributed by atoms with Crippen molar-refractivity contribution in [1.82, 2.24) is 5.32 Å². The van der Waals surface area contributed by atoms with E-state index in [4.69, 9.17) is 0 Å². The molecule has 0 aliphatic carbocycles. The Morgan fingerprint density at radius 1 is 0.522 bits per heavy atom. The van der Waals surface area contributed by atoms with Gasteiger partial charge in [-0.05, 0) is 38.5 Å². The van der Waals surface area contributed by atoms with Crippen LogP contribution in [0, 0.1) is 0 Å². The number of aliphatic hydroxyl groups is 3. The summed E-state index contributed by atoms with van der Waals surface area (Å²) in [6.07, 6.45) is 41.7. The van der Waals surface area contributed by atoms with Crippen molar-refractivity contribution in [2.75, 3.05) is 6.61 Å². The zero-order valence-corrected chi connectivity index (χ0v) is 31.0. The summed E-state index contributed by atoms with van der Waals surface area (Å²) in [5.74, 6) is -0.152. The van der Waals surface area contributed by atoms with Crippen LogP contribution in [0.15, 0.2) is 12.2 Å². The Balaban J connectivity index is 3.64. The largest absolute Gasteiger partial charge is 0.394 e. The SMILES string of the molecule is CCCCCCCCCC/C=C/CCCC(O)C(O)C(CO)NC(=O)CCCCCCCCCCCCCCCCCCCCC. The maximum atomic E-state index is 12.4. The number of carbonyl (C=O) groups is 1. The highest BCUT2D eigenvalue weighted by molar-refractivity contribution is 5.76. The molecular formula is C41H81NO4. The molecule has 46 heavy (non-hydrogen) atoms. The Hall–Kier alpha value is -0.910. The van der Waals surface area contributed by atoms with E-state index in [1.54, 1.807) is 0 Å². The average molecular weight is 652 g/mol. The van der Waals surface area contributed by atoms with Gasteiger partial charge >= 0.3 is 0 Å². The Morgan fingerprint density at radius 3 is 1.26 bits per heavy atom. The molecule has 3 unspecified atom stereocenters. The summed E-state index contributed by atoms with van der Waals surface area (Å²) in [4.78, 5) is 12.4. The number of amides is 1. The van der Waals surface area contributed by atoms with Gasteiger partial charge in [-0.1, -0.05) is 187 Å². The van der Waals surface area contributed by atoms with Crippen LogP contribution in [0.4, 0.5) is 0 Å². The predicted molar refractivity (Wildman–Crippen MR) is 199 cm³/mol. The van der Waals surface area contributed by atoms with E-state index in [0.29, 0.717) is 12.8 Å². The van der Waals surface area contributed by atoms with Crippen molar-refractivity contribution in [2.24, 2.45) is 0 Å². The summed E-state index contributed by atoms with van der Waals surface area (Å²) >= 11 is 0. The molecule has 0 rings (SSSR count). The van der Waals surface area contributed by atoms with Gasteiger partial charge in [0.15, 0.2) is 0 Å². The van der Waals surface area contributed by atoms with Gasteiger partial charge in [0.05, 0.1) is 18.8 Å². The number of unbranched alkanes of at least 4 members (excludes halogenated alkanes) is 27. The monoisotopic (exact) mass is 652 g/mol. The third kappa shape index (κ3) is 31.7. The third-order valence-corrected chi connectivity index (χ3v) is 9.62. The molecule has 0 aromatic carbocycles. The van der Waals surface area contributed by atoms with Crippen molar-refractivity contribution >= 4 is 5.91 Å². The van der Waals surface area contributed by atoms with Gasteiger partial charge in [0.2, 0.25) is 5.91 Å². The summed E-state index contributed by atoms with van der Waals surface area (Å²) in [6, 6.07) is -0.819. The quantitative estimate of drug-likeness (QED) is 0.0397. The second-order valence-electron chi connectivity index (χ2n) is 14.2. The normalized spacial score (nSPS) is 13.8. The lowest BCUT2D eigenvalue weighted by Crippen LogP contribution is -2.50. The maximum absolute atomic E-state index is 12.4. The second kappa shape index (κ2) is 36.9. The van der Waals surface area contributed by atoms with Crippen LogP contribution in [0.5, 0.6) is 0 Å². The summed E-state index contributed by atoms with van der Waals surface area (Å²) in [5, 5.41) is 33.4. The Morgan fingerprint density at radius 2 is 0.870 bits per heavy atom. The van der Waals surface area contributed by atoms with Crippen molar-refractivity contribution in [1.29, 1.82) is 0 Å². The van der Waals surface area contributed by atoms with Crippen LogP contribution in [0.3, 0.4) is 0 Å². The molecule has 0 spiro atoms. The van der Waals surface area contributed by atoms with Gasteiger partial charge in [0.1, 0.15) is 6.10 Å². The molecule has 3 atom stereocenters. The molecule has 0 aliphatic rings. The number of nitrogens with one attached hydrogen (secondary N) is 1. The maximum Gasteiger partial charge on any atom is 0.220 e. The fourth-order valence-corrected chi connectivity index (χ4v) is 6.40. The summed E-state index contributed by atoms with van der Waals surface area (Å²) in [6.45, 7) is 4.16. The van der Waals surface area contributed by atoms with E-state index in [2.05, 4.69) is 31.3 Å². The van der Waals surface area contributed by atoms with Crippen LogP contribution in [-0.2, 0) is 4.79 Å². The topological polar surface area (TPSA) is 89.8 Å². The smallest absolute Gasteiger partial charge is 0.220 e. The van der Waals surface area contributed by atoms with E-state index < -0.39 is 18.2 Å². The molecule has 5 heteroatoms. The summed E-state index contributed by atoms with van der Waals surface area (Å²) < 4.78 is 0. The van der Waals surface area contributed by atoms with Crippen molar-refractivity contribution in [3.8, 4) is 0 Å². The molecule has 0 aromatic heterocycles. The van der Waals surface area contributed by atoms with E-state index in [1.165, 1.54) is 154 Å². The van der Waals surface area contributed by atoms with Gasteiger partial charge in [-0.2, -0.15) is 0 Å². The summed E-state index contributed by atoms with van der Waals surface area (Å²) in [7, 11) is 0. The van der Waals surface area contributed by atoms with Gasteiger partial charge in [0.25, 0.3) is 0 Å². The van der Waals surface area contributed by atoms with Crippen molar-refractivity contribution in [3.05, 3.63) is 12.2 Å². The van der Waals surface area contributed by atoms with Crippen LogP contribution in [0.2, 0.25) is 0 Å². The molecule has 0 saturated carbocycles. The molecule has 0 aliphatic heterocycles.